The molecule has 0 aliphatic carbocycles. The largest absolute Gasteiger partial charge is 0.459 e. The summed E-state index contributed by atoms with van der Waals surface area (Å²) in [5.74, 6) is 1.06. The molecule has 3 nitrogen and oxygen atoms in total. The second kappa shape index (κ2) is 5.19. The van der Waals surface area contributed by atoms with Crippen LogP contribution in [0, 0.1) is 3.57 Å². The lowest BCUT2D eigenvalue weighted by Crippen LogP contribution is -2.32. The van der Waals surface area contributed by atoms with E-state index in [0.717, 1.165) is 30.9 Å². The van der Waals surface area contributed by atoms with Gasteiger partial charge in [-0.15, -0.1) is 0 Å². The van der Waals surface area contributed by atoms with Crippen LogP contribution < -0.4 is 5.32 Å². The summed E-state index contributed by atoms with van der Waals surface area (Å²) in [6.07, 6.45) is 1.03. The van der Waals surface area contributed by atoms with Gasteiger partial charge >= 0.3 is 0 Å². The SMILES string of the molecule is CCOCC1NCCc2c1oc1cc(I)ccc21. The Balaban J connectivity index is 2.03. The quantitative estimate of drug-likeness (QED) is 0.857. The third-order valence-electron chi connectivity index (χ3n) is 3.36. The van der Waals surface area contributed by atoms with E-state index in [1.54, 1.807) is 0 Å². The molecule has 1 aliphatic heterocycles. The Hall–Kier alpha value is -0.590. The molecule has 1 atom stereocenters. The van der Waals surface area contributed by atoms with Crippen LogP contribution in [-0.4, -0.2) is 19.8 Å². The molecule has 96 valence electrons. The van der Waals surface area contributed by atoms with Gasteiger partial charge in [0.1, 0.15) is 11.3 Å². The number of benzene rings is 1. The number of nitrogens with one attached hydrogen (secondary N) is 1. The van der Waals surface area contributed by atoms with Crippen LogP contribution in [0.2, 0.25) is 0 Å². The molecule has 2 heterocycles. The smallest absolute Gasteiger partial charge is 0.135 e. The topological polar surface area (TPSA) is 34.4 Å². The van der Waals surface area contributed by atoms with Crippen molar-refractivity contribution in [3.8, 4) is 0 Å². The van der Waals surface area contributed by atoms with E-state index in [-0.39, 0.29) is 6.04 Å². The van der Waals surface area contributed by atoms with E-state index in [2.05, 4.69) is 46.1 Å². The van der Waals surface area contributed by atoms with Crippen LogP contribution in [0.3, 0.4) is 0 Å². The van der Waals surface area contributed by atoms with Gasteiger partial charge in [-0.2, -0.15) is 0 Å². The van der Waals surface area contributed by atoms with Crippen LogP contribution in [0.15, 0.2) is 22.6 Å². The summed E-state index contributed by atoms with van der Waals surface area (Å²) < 4.78 is 12.8. The van der Waals surface area contributed by atoms with E-state index in [1.165, 1.54) is 14.5 Å². The zero-order valence-corrected chi connectivity index (χ0v) is 12.5. The highest BCUT2D eigenvalue weighted by Gasteiger charge is 2.26. The number of ether oxygens (including phenoxy) is 1. The fraction of sp³-hybridized carbons (Fsp3) is 0.429. The van der Waals surface area contributed by atoms with Crippen molar-refractivity contribution in [2.24, 2.45) is 0 Å². The predicted molar refractivity (Wildman–Crippen MR) is 79.9 cm³/mol. The molecule has 1 aromatic carbocycles. The third-order valence-corrected chi connectivity index (χ3v) is 4.03. The highest BCUT2D eigenvalue weighted by Crippen LogP contribution is 2.33. The van der Waals surface area contributed by atoms with Gasteiger partial charge in [-0.3, -0.25) is 0 Å². The zero-order valence-electron chi connectivity index (χ0n) is 10.3. The standard InChI is InChI=1S/C14H16INO2/c1-2-17-8-12-14-11(5-6-16-12)10-4-3-9(15)7-13(10)18-14/h3-4,7,12,16H,2,5-6,8H2,1H3. The fourth-order valence-electron chi connectivity index (χ4n) is 2.52. The average Bonchev–Trinajstić information content (AvgIpc) is 2.74. The van der Waals surface area contributed by atoms with Gasteiger partial charge in [0, 0.05) is 27.7 Å². The molecule has 1 aromatic heterocycles. The Labute approximate surface area is 120 Å². The average molecular weight is 357 g/mol. The van der Waals surface area contributed by atoms with E-state index >= 15 is 0 Å². The molecule has 1 aliphatic rings. The molecule has 4 heteroatoms. The second-order valence-corrected chi connectivity index (χ2v) is 5.75. The number of hydrogen-bond acceptors (Lipinski definition) is 3. The molecule has 1 N–H and O–H groups in total. The van der Waals surface area contributed by atoms with E-state index in [1.807, 2.05) is 6.92 Å². The highest BCUT2D eigenvalue weighted by molar-refractivity contribution is 14.1. The number of rotatable bonds is 3. The van der Waals surface area contributed by atoms with Crippen LogP contribution in [0.25, 0.3) is 11.0 Å². The van der Waals surface area contributed by atoms with Crippen molar-refractivity contribution in [2.75, 3.05) is 19.8 Å². The van der Waals surface area contributed by atoms with Gasteiger partial charge in [0.2, 0.25) is 0 Å². The Bertz CT molecular complexity index is 564. The van der Waals surface area contributed by atoms with Gasteiger partial charge in [-0.25, -0.2) is 0 Å². The van der Waals surface area contributed by atoms with Gasteiger partial charge in [-0.05, 0) is 54.1 Å². The molecule has 0 saturated heterocycles. The lowest BCUT2D eigenvalue weighted by Gasteiger charge is -2.22. The number of halogens is 1. The van der Waals surface area contributed by atoms with Gasteiger partial charge in [-0.1, -0.05) is 0 Å². The Morgan fingerprint density at radius 3 is 3.22 bits per heavy atom. The third kappa shape index (κ3) is 2.17. The summed E-state index contributed by atoms with van der Waals surface area (Å²) >= 11 is 2.32. The molecule has 1 unspecified atom stereocenters. The summed E-state index contributed by atoms with van der Waals surface area (Å²) in [4.78, 5) is 0. The van der Waals surface area contributed by atoms with E-state index in [0.29, 0.717) is 6.61 Å². The van der Waals surface area contributed by atoms with Crippen LogP contribution in [0.4, 0.5) is 0 Å². The van der Waals surface area contributed by atoms with Gasteiger partial charge < -0.3 is 14.5 Å². The van der Waals surface area contributed by atoms with Crippen LogP contribution in [-0.2, 0) is 11.2 Å². The highest BCUT2D eigenvalue weighted by atomic mass is 127. The molecule has 18 heavy (non-hydrogen) atoms. The second-order valence-electron chi connectivity index (χ2n) is 4.50. The molecule has 0 saturated carbocycles. The van der Waals surface area contributed by atoms with E-state index < -0.39 is 0 Å². The first-order chi connectivity index (χ1) is 8.79. The minimum absolute atomic E-state index is 0.193. The fourth-order valence-corrected chi connectivity index (χ4v) is 2.98. The first-order valence-electron chi connectivity index (χ1n) is 6.31. The monoisotopic (exact) mass is 357 g/mol. The van der Waals surface area contributed by atoms with Crippen molar-refractivity contribution in [2.45, 2.75) is 19.4 Å². The predicted octanol–water partition coefficient (Wildman–Crippen LogP) is 3.26. The van der Waals surface area contributed by atoms with E-state index in [4.69, 9.17) is 9.15 Å². The van der Waals surface area contributed by atoms with Gasteiger partial charge in [0.05, 0.1) is 12.6 Å². The summed E-state index contributed by atoms with van der Waals surface area (Å²) in [7, 11) is 0. The molecule has 0 spiro atoms. The van der Waals surface area contributed by atoms with Crippen molar-refractivity contribution in [1.82, 2.24) is 5.32 Å². The van der Waals surface area contributed by atoms with Crippen LogP contribution in [0.5, 0.6) is 0 Å². The van der Waals surface area contributed by atoms with Gasteiger partial charge in [0.25, 0.3) is 0 Å². The maximum atomic E-state index is 6.03. The summed E-state index contributed by atoms with van der Waals surface area (Å²) in [6, 6.07) is 6.60. The van der Waals surface area contributed by atoms with Crippen molar-refractivity contribution in [3.63, 3.8) is 0 Å². The number of fused-ring (bicyclic) bond motifs is 3. The van der Waals surface area contributed by atoms with E-state index in [9.17, 15) is 0 Å². The summed E-state index contributed by atoms with van der Waals surface area (Å²) in [5.41, 5.74) is 2.35. The van der Waals surface area contributed by atoms with Crippen molar-refractivity contribution < 1.29 is 9.15 Å². The first kappa shape index (κ1) is 12.4. The Kier molecular flexibility index (Phi) is 3.59. The number of furan rings is 1. The minimum Gasteiger partial charge on any atom is -0.459 e. The Morgan fingerprint density at radius 1 is 1.50 bits per heavy atom. The molecular formula is C14H16INO2. The normalized spacial score (nSPS) is 19.1. The molecule has 0 amide bonds. The van der Waals surface area contributed by atoms with Gasteiger partial charge in [0.15, 0.2) is 0 Å². The molecule has 0 radical (unpaired) electrons. The Morgan fingerprint density at radius 2 is 2.39 bits per heavy atom. The maximum absolute atomic E-state index is 6.03. The molecule has 0 fully saturated rings. The first-order valence-corrected chi connectivity index (χ1v) is 7.39. The lowest BCUT2D eigenvalue weighted by atomic mass is 10.0. The molecule has 0 bridgehead atoms. The van der Waals surface area contributed by atoms with Crippen molar-refractivity contribution in [1.29, 1.82) is 0 Å². The van der Waals surface area contributed by atoms with Crippen molar-refractivity contribution in [3.05, 3.63) is 33.1 Å². The zero-order chi connectivity index (χ0) is 12.5. The molecule has 3 rings (SSSR count). The number of hydrogen-bond donors (Lipinski definition) is 1. The molecular weight excluding hydrogens is 341 g/mol. The minimum atomic E-state index is 0.193. The van der Waals surface area contributed by atoms with Crippen LogP contribution in [0.1, 0.15) is 24.3 Å². The maximum Gasteiger partial charge on any atom is 0.135 e. The summed E-state index contributed by atoms with van der Waals surface area (Å²) in [6.45, 7) is 4.43. The summed E-state index contributed by atoms with van der Waals surface area (Å²) in [5, 5.41) is 4.72. The van der Waals surface area contributed by atoms with Crippen molar-refractivity contribution >= 4 is 33.6 Å². The molecule has 2 aromatic rings. The van der Waals surface area contributed by atoms with Crippen LogP contribution >= 0.6 is 22.6 Å². The lowest BCUT2D eigenvalue weighted by molar-refractivity contribution is 0.114.